The van der Waals surface area contributed by atoms with E-state index in [1.807, 2.05) is 6.07 Å². The van der Waals surface area contributed by atoms with E-state index in [1.54, 1.807) is 25.3 Å². The molecule has 88 valence electrons. The van der Waals surface area contributed by atoms with E-state index in [-0.39, 0.29) is 5.84 Å². The molecule has 0 saturated carbocycles. The summed E-state index contributed by atoms with van der Waals surface area (Å²) >= 11 is 0. The number of nitrogens with zero attached hydrogens (tertiary/aromatic N) is 1. The van der Waals surface area contributed by atoms with Gasteiger partial charge in [0, 0.05) is 20.1 Å². The number of hydrogen-bond donors (Lipinski definition) is 2. The predicted octanol–water partition coefficient (Wildman–Crippen LogP) is 1.20. The van der Waals surface area contributed by atoms with Crippen LogP contribution in [0.5, 0.6) is 5.75 Å². The molecule has 5 nitrogen and oxygen atoms in total. The Morgan fingerprint density at radius 3 is 2.81 bits per heavy atom. The van der Waals surface area contributed by atoms with Crippen LogP contribution in [0.15, 0.2) is 29.4 Å². The van der Waals surface area contributed by atoms with E-state index in [0.717, 1.165) is 6.42 Å². The Labute approximate surface area is 94.5 Å². The molecule has 0 atom stereocenters. The van der Waals surface area contributed by atoms with Gasteiger partial charge in [0.1, 0.15) is 5.75 Å². The predicted molar refractivity (Wildman–Crippen MR) is 60.9 cm³/mol. The van der Waals surface area contributed by atoms with Crippen molar-refractivity contribution in [1.82, 2.24) is 0 Å². The SMILES string of the molecule is COCCCOc1ccccc1/C(N)=N/O. The van der Waals surface area contributed by atoms with Crippen LogP contribution >= 0.6 is 0 Å². The Hall–Kier alpha value is -1.75. The fraction of sp³-hybridized carbons (Fsp3) is 0.364. The molecule has 0 aliphatic carbocycles. The van der Waals surface area contributed by atoms with Crippen molar-refractivity contribution in [1.29, 1.82) is 0 Å². The van der Waals surface area contributed by atoms with Gasteiger partial charge in [-0.05, 0) is 12.1 Å². The summed E-state index contributed by atoms with van der Waals surface area (Å²) in [5.74, 6) is 0.649. The molecule has 16 heavy (non-hydrogen) atoms. The standard InChI is InChI=1S/C11H16N2O3/c1-15-7-4-8-16-10-6-3-2-5-9(10)11(12)13-14/h2-3,5-6,14H,4,7-8H2,1H3,(H2,12,13). The lowest BCUT2D eigenvalue weighted by molar-refractivity contribution is 0.172. The Morgan fingerprint density at radius 1 is 1.38 bits per heavy atom. The van der Waals surface area contributed by atoms with Crippen molar-refractivity contribution in [3.8, 4) is 5.75 Å². The fourth-order valence-electron chi connectivity index (χ4n) is 1.24. The third-order valence-corrected chi connectivity index (χ3v) is 2.02. The van der Waals surface area contributed by atoms with Crippen LogP contribution in [0, 0.1) is 0 Å². The zero-order chi connectivity index (χ0) is 11.8. The number of oxime groups is 1. The maximum absolute atomic E-state index is 8.61. The highest BCUT2D eigenvalue weighted by Crippen LogP contribution is 2.17. The van der Waals surface area contributed by atoms with E-state index in [4.69, 9.17) is 20.4 Å². The zero-order valence-electron chi connectivity index (χ0n) is 9.22. The van der Waals surface area contributed by atoms with Gasteiger partial charge >= 0.3 is 0 Å². The fourth-order valence-corrected chi connectivity index (χ4v) is 1.24. The van der Waals surface area contributed by atoms with E-state index in [9.17, 15) is 0 Å². The Balaban J connectivity index is 2.64. The van der Waals surface area contributed by atoms with E-state index < -0.39 is 0 Å². The van der Waals surface area contributed by atoms with Crippen molar-refractivity contribution in [2.24, 2.45) is 10.9 Å². The van der Waals surface area contributed by atoms with Gasteiger partial charge in [-0.3, -0.25) is 0 Å². The number of nitrogens with two attached hydrogens (primary N) is 1. The minimum Gasteiger partial charge on any atom is -0.493 e. The summed E-state index contributed by atoms with van der Waals surface area (Å²) in [4.78, 5) is 0. The molecule has 0 bridgehead atoms. The molecule has 3 N–H and O–H groups in total. The molecule has 0 fully saturated rings. The highest BCUT2D eigenvalue weighted by atomic mass is 16.5. The highest BCUT2D eigenvalue weighted by molar-refractivity contribution is 5.99. The molecule has 1 aromatic rings. The lowest BCUT2D eigenvalue weighted by Gasteiger charge is -2.09. The van der Waals surface area contributed by atoms with Gasteiger partial charge in [-0.1, -0.05) is 17.3 Å². The van der Waals surface area contributed by atoms with Crippen LogP contribution in [0.1, 0.15) is 12.0 Å². The summed E-state index contributed by atoms with van der Waals surface area (Å²) in [6.45, 7) is 1.18. The van der Waals surface area contributed by atoms with Crippen LogP contribution in [0.4, 0.5) is 0 Å². The second-order valence-electron chi connectivity index (χ2n) is 3.18. The van der Waals surface area contributed by atoms with Crippen LogP contribution in [0.25, 0.3) is 0 Å². The molecule has 1 aromatic carbocycles. The number of amidine groups is 1. The van der Waals surface area contributed by atoms with Gasteiger partial charge in [0.25, 0.3) is 0 Å². The molecule has 5 heteroatoms. The summed E-state index contributed by atoms with van der Waals surface area (Å²) in [6.07, 6.45) is 0.793. The zero-order valence-corrected chi connectivity index (χ0v) is 9.22. The molecule has 0 radical (unpaired) electrons. The van der Waals surface area contributed by atoms with Crippen LogP contribution in [-0.2, 0) is 4.74 Å². The lowest BCUT2D eigenvalue weighted by atomic mass is 10.2. The molecule has 0 saturated heterocycles. The second kappa shape index (κ2) is 6.68. The molecule has 0 unspecified atom stereocenters. The summed E-state index contributed by atoms with van der Waals surface area (Å²) in [6, 6.07) is 7.15. The third kappa shape index (κ3) is 3.43. The van der Waals surface area contributed by atoms with Crippen LogP contribution in [0.3, 0.4) is 0 Å². The van der Waals surface area contributed by atoms with E-state index in [1.165, 1.54) is 0 Å². The number of ether oxygens (including phenoxy) is 2. The van der Waals surface area contributed by atoms with Crippen molar-refractivity contribution in [2.45, 2.75) is 6.42 Å². The molecule has 0 aliphatic rings. The second-order valence-corrected chi connectivity index (χ2v) is 3.18. The van der Waals surface area contributed by atoms with E-state index >= 15 is 0 Å². The molecule has 1 rings (SSSR count). The van der Waals surface area contributed by atoms with Crippen LogP contribution in [-0.4, -0.2) is 31.4 Å². The van der Waals surface area contributed by atoms with Crippen molar-refractivity contribution in [3.05, 3.63) is 29.8 Å². The molecule has 0 amide bonds. The molecule has 0 aromatic heterocycles. The number of para-hydroxylation sites is 1. The lowest BCUT2D eigenvalue weighted by Crippen LogP contribution is -2.15. The number of hydrogen-bond acceptors (Lipinski definition) is 4. The van der Waals surface area contributed by atoms with Crippen LogP contribution < -0.4 is 10.5 Å². The smallest absolute Gasteiger partial charge is 0.173 e. The maximum atomic E-state index is 8.61. The van der Waals surface area contributed by atoms with Gasteiger partial charge in [0.05, 0.1) is 12.2 Å². The average molecular weight is 224 g/mol. The Morgan fingerprint density at radius 2 is 2.12 bits per heavy atom. The first-order chi connectivity index (χ1) is 7.79. The molecule has 0 aliphatic heterocycles. The summed E-state index contributed by atoms with van der Waals surface area (Å²) < 4.78 is 10.4. The Bertz CT molecular complexity index is 353. The summed E-state index contributed by atoms with van der Waals surface area (Å²) in [7, 11) is 1.64. The largest absolute Gasteiger partial charge is 0.493 e. The number of methoxy groups -OCH3 is 1. The highest BCUT2D eigenvalue weighted by Gasteiger charge is 2.06. The van der Waals surface area contributed by atoms with Gasteiger partial charge in [-0.2, -0.15) is 0 Å². The number of benzene rings is 1. The summed E-state index contributed by atoms with van der Waals surface area (Å²) in [5, 5.41) is 11.6. The van der Waals surface area contributed by atoms with Gasteiger partial charge in [-0.15, -0.1) is 0 Å². The van der Waals surface area contributed by atoms with Crippen molar-refractivity contribution in [3.63, 3.8) is 0 Å². The minimum atomic E-state index is 0.0438. The third-order valence-electron chi connectivity index (χ3n) is 2.02. The van der Waals surface area contributed by atoms with Crippen molar-refractivity contribution in [2.75, 3.05) is 20.3 Å². The molecular weight excluding hydrogens is 208 g/mol. The first kappa shape index (κ1) is 12.3. The Kier molecular flexibility index (Phi) is 5.15. The molecular formula is C11H16N2O3. The maximum Gasteiger partial charge on any atom is 0.173 e. The topological polar surface area (TPSA) is 77.1 Å². The van der Waals surface area contributed by atoms with Crippen LogP contribution in [0.2, 0.25) is 0 Å². The van der Waals surface area contributed by atoms with Gasteiger partial charge in [0.15, 0.2) is 5.84 Å². The monoisotopic (exact) mass is 224 g/mol. The first-order valence-corrected chi connectivity index (χ1v) is 4.98. The minimum absolute atomic E-state index is 0.0438. The van der Waals surface area contributed by atoms with Gasteiger partial charge in [0.2, 0.25) is 0 Å². The first-order valence-electron chi connectivity index (χ1n) is 4.98. The van der Waals surface area contributed by atoms with Crippen molar-refractivity contribution >= 4 is 5.84 Å². The quantitative estimate of drug-likeness (QED) is 0.250. The van der Waals surface area contributed by atoms with Crippen molar-refractivity contribution < 1.29 is 14.7 Å². The normalized spacial score (nSPS) is 11.4. The molecule has 0 heterocycles. The molecule has 0 spiro atoms. The number of rotatable bonds is 6. The summed E-state index contributed by atoms with van der Waals surface area (Å²) in [5.41, 5.74) is 6.11. The van der Waals surface area contributed by atoms with Gasteiger partial charge in [-0.25, -0.2) is 0 Å². The van der Waals surface area contributed by atoms with E-state index in [2.05, 4.69) is 5.16 Å². The van der Waals surface area contributed by atoms with E-state index in [0.29, 0.717) is 24.5 Å². The van der Waals surface area contributed by atoms with Gasteiger partial charge < -0.3 is 20.4 Å². The average Bonchev–Trinajstić information content (AvgIpc) is 2.34.